The lowest BCUT2D eigenvalue weighted by Gasteiger charge is -2.30. The first-order valence-corrected chi connectivity index (χ1v) is 6.30. The Kier molecular flexibility index (Phi) is 3.37. The van der Waals surface area contributed by atoms with Gasteiger partial charge in [0.1, 0.15) is 4.75 Å². The summed E-state index contributed by atoms with van der Waals surface area (Å²) in [6, 6.07) is 0. The van der Waals surface area contributed by atoms with Crippen LogP contribution in [0, 0.1) is 5.92 Å². The van der Waals surface area contributed by atoms with E-state index in [2.05, 4.69) is 0 Å². The number of hydrogen-bond donors (Lipinski definition) is 3. The molecule has 0 saturated heterocycles. The Balaban J connectivity index is 3.59. The van der Waals surface area contributed by atoms with Crippen molar-refractivity contribution in [3.05, 3.63) is 23.3 Å². The maximum absolute atomic E-state index is 11.3. The summed E-state index contributed by atoms with van der Waals surface area (Å²) in [5.74, 6) is -4.09. The average molecular weight is 276 g/mol. The lowest BCUT2D eigenvalue weighted by molar-refractivity contribution is -0.139. The number of rotatable bonds is 3. The van der Waals surface area contributed by atoms with Gasteiger partial charge < -0.3 is 10.2 Å². The monoisotopic (exact) mass is 276 g/mol. The molecule has 7 nitrogen and oxygen atoms in total. The van der Waals surface area contributed by atoms with Crippen molar-refractivity contribution in [2.24, 2.45) is 5.92 Å². The van der Waals surface area contributed by atoms with Gasteiger partial charge in [0, 0.05) is 0 Å². The van der Waals surface area contributed by atoms with E-state index in [-0.39, 0.29) is 5.57 Å². The molecule has 0 bridgehead atoms. The molecule has 1 aliphatic rings. The van der Waals surface area contributed by atoms with Crippen molar-refractivity contribution >= 4 is 22.1 Å². The molecule has 3 N–H and O–H groups in total. The Morgan fingerprint density at radius 2 is 1.83 bits per heavy atom. The van der Waals surface area contributed by atoms with Gasteiger partial charge in [-0.25, -0.2) is 4.79 Å². The molecule has 18 heavy (non-hydrogen) atoms. The second kappa shape index (κ2) is 4.21. The molecule has 8 heteroatoms. The molecule has 100 valence electrons. The van der Waals surface area contributed by atoms with Crippen LogP contribution in [-0.4, -0.2) is 39.9 Å². The van der Waals surface area contributed by atoms with E-state index < -0.39 is 38.3 Å². The van der Waals surface area contributed by atoms with Crippen LogP contribution in [0.1, 0.15) is 13.8 Å². The summed E-state index contributed by atoms with van der Waals surface area (Å²) in [5.41, 5.74) is -0.766. The minimum atomic E-state index is -4.72. The molecular weight excluding hydrogens is 264 g/mol. The van der Waals surface area contributed by atoms with Crippen molar-refractivity contribution in [1.29, 1.82) is 0 Å². The second-order valence-electron chi connectivity index (χ2n) is 4.12. The molecule has 1 aliphatic carbocycles. The molecule has 2 atom stereocenters. The van der Waals surface area contributed by atoms with Gasteiger partial charge in [-0.3, -0.25) is 9.35 Å². The molecule has 0 heterocycles. The lowest BCUT2D eigenvalue weighted by atomic mass is 9.82. The number of aliphatic carboxylic acids is 2. The normalized spacial score (nSPS) is 28.3. The second-order valence-corrected chi connectivity index (χ2v) is 5.92. The number of carbonyl (C=O) groups is 2. The predicted molar refractivity (Wildman–Crippen MR) is 60.6 cm³/mol. The number of hydrogen-bond acceptors (Lipinski definition) is 4. The van der Waals surface area contributed by atoms with Crippen molar-refractivity contribution in [1.82, 2.24) is 0 Å². The first kappa shape index (κ1) is 14.4. The molecule has 0 aromatic heterocycles. The topological polar surface area (TPSA) is 129 Å². The van der Waals surface area contributed by atoms with Crippen LogP contribution in [0.3, 0.4) is 0 Å². The van der Waals surface area contributed by atoms with Crippen LogP contribution in [-0.2, 0) is 19.7 Å². The number of carboxylic acids is 2. The molecule has 0 spiro atoms. The quantitative estimate of drug-likeness (QED) is 0.499. The minimum Gasteiger partial charge on any atom is -0.481 e. The van der Waals surface area contributed by atoms with E-state index >= 15 is 0 Å². The highest BCUT2D eigenvalue weighted by Crippen LogP contribution is 2.37. The Morgan fingerprint density at radius 3 is 2.17 bits per heavy atom. The fourth-order valence-electron chi connectivity index (χ4n) is 1.92. The van der Waals surface area contributed by atoms with Crippen LogP contribution in [0.25, 0.3) is 0 Å². The van der Waals surface area contributed by atoms with Crippen LogP contribution in [0.5, 0.6) is 0 Å². The van der Waals surface area contributed by atoms with Crippen LogP contribution < -0.4 is 0 Å². The van der Waals surface area contributed by atoms with E-state index in [0.29, 0.717) is 0 Å². The molecule has 0 aliphatic heterocycles. The van der Waals surface area contributed by atoms with E-state index in [1.165, 1.54) is 6.92 Å². The Labute approximate surface area is 103 Å². The summed E-state index contributed by atoms with van der Waals surface area (Å²) in [7, 11) is -4.72. The first-order valence-electron chi connectivity index (χ1n) is 4.86. The zero-order valence-corrected chi connectivity index (χ0v) is 10.4. The van der Waals surface area contributed by atoms with Gasteiger partial charge in [0.25, 0.3) is 10.1 Å². The highest BCUT2D eigenvalue weighted by Gasteiger charge is 2.47. The average Bonchev–Trinajstić information content (AvgIpc) is 2.14. The summed E-state index contributed by atoms with van der Waals surface area (Å²) in [6.07, 6.45) is 1.94. The fourth-order valence-corrected chi connectivity index (χ4v) is 2.67. The van der Waals surface area contributed by atoms with Crippen molar-refractivity contribution in [2.45, 2.75) is 18.6 Å². The number of carboxylic acid groups (broad SMARTS) is 2. The third-order valence-electron chi connectivity index (χ3n) is 2.98. The van der Waals surface area contributed by atoms with Crippen molar-refractivity contribution in [3.8, 4) is 0 Å². The van der Waals surface area contributed by atoms with Crippen molar-refractivity contribution in [2.75, 3.05) is 0 Å². The lowest BCUT2D eigenvalue weighted by Crippen LogP contribution is -2.42. The highest BCUT2D eigenvalue weighted by atomic mass is 32.2. The highest BCUT2D eigenvalue weighted by molar-refractivity contribution is 7.87. The molecule has 0 aromatic rings. The summed E-state index contributed by atoms with van der Waals surface area (Å²) in [4.78, 5) is 22.0. The van der Waals surface area contributed by atoms with Crippen molar-refractivity contribution in [3.63, 3.8) is 0 Å². The minimum absolute atomic E-state index is 0.127. The molecule has 0 aromatic carbocycles. The summed E-state index contributed by atoms with van der Waals surface area (Å²) < 4.78 is 29.6. The van der Waals surface area contributed by atoms with E-state index in [1.807, 2.05) is 0 Å². The van der Waals surface area contributed by atoms with E-state index in [9.17, 15) is 18.0 Å². The Morgan fingerprint density at radius 1 is 1.33 bits per heavy atom. The van der Waals surface area contributed by atoms with E-state index in [0.717, 1.165) is 19.1 Å². The van der Waals surface area contributed by atoms with E-state index in [1.54, 1.807) is 0 Å². The maximum atomic E-state index is 11.3. The molecule has 0 amide bonds. The van der Waals surface area contributed by atoms with Gasteiger partial charge in [0.05, 0.1) is 11.5 Å². The van der Waals surface area contributed by atoms with Gasteiger partial charge in [0.15, 0.2) is 0 Å². The third-order valence-corrected chi connectivity index (χ3v) is 4.39. The SMILES string of the molecule is CC1=C(C(=O)O)C(C)(S(=O)(=O)O)C=CC1C(=O)O. The van der Waals surface area contributed by atoms with Crippen LogP contribution >= 0.6 is 0 Å². The van der Waals surface area contributed by atoms with Crippen LogP contribution in [0.2, 0.25) is 0 Å². The Hall–Kier alpha value is -1.67. The fraction of sp³-hybridized carbons (Fsp3) is 0.400. The van der Waals surface area contributed by atoms with Crippen molar-refractivity contribution < 1.29 is 32.8 Å². The molecule has 0 fully saturated rings. The van der Waals surface area contributed by atoms with Gasteiger partial charge in [-0.15, -0.1) is 0 Å². The molecule has 0 radical (unpaired) electrons. The smallest absolute Gasteiger partial charge is 0.333 e. The first-order chi connectivity index (χ1) is 8.02. The summed E-state index contributed by atoms with van der Waals surface area (Å²) in [5, 5.41) is 17.9. The van der Waals surface area contributed by atoms with Crippen LogP contribution in [0.15, 0.2) is 23.3 Å². The Bertz CT molecular complexity index is 569. The van der Waals surface area contributed by atoms with Gasteiger partial charge in [-0.05, 0) is 19.4 Å². The summed E-state index contributed by atoms with van der Waals surface area (Å²) in [6.45, 7) is 2.22. The van der Waals surface area contributed by atoms with E-state index in [4.69, 9.17) is 14.8 Å². The summed E-state index contributed by atoms with van der Waals surface area (Å²) >= 11 is 0. The molecule has 2 unspecified atom stereocenters. The van der Waals surface area contributed by atoms with Gasteiger partial charge in [0.2, 0.25) is 0 Å². The zero-order valence-electron chi connectivity index (χ0n) is 9.61. The maximum Gasteiger partial charge on any atom is 0.333 e. The predicted octanol–water partition coefficient (Wildman–Crippen LogP) is 0.305. The molecular formula is C10H12O7S. The zero-order chi connectivity index (χ0) is 14.3. The van der Waals surface area contributed by atoms with Gasteiger partial charge in [-0.1, -0.05) is 12.2 Å². The molecule has 1 rings (SSSR count). The molecule has 0 saturated carbocycles. The largest absolute Gasteiger partial charge is 0.481 e. The van der Waals surface area contributed by atoms with Gasteiger partial charge >= 0.3 is 11.9 Å². The van der Waals surface area contributed by atoms with Gasteiger partial charge in [-0.2, -0.15) is 8.42 Å². The van der Waals surface area contributed by atoms with Crippen LogP contribution in [0.4, 0.5) is 0 Å². The standard InChI is InChI=1S/C10H12O7S/c1-5-6(8(11)12)3-4-10(2,18(15,16)17)7(5)9(13)14/h3-4,6H,1-2H3,(H,11,12)(H,13,14)(H,15,16,17). The third kappa shape index (κ3) is 2.04.